The molecule has 1 aromatic rings. The molecule has 0 saturated carbocycles. The van der Waals surface area contributed by atoms with Gasteiger partial charge in [0.1, 0.15) is 0 Å². The number of nitrogens with zero attached hydrogens (tertiary/aromatic N) is 1. The fraction of sp³-hybridized carbons (Fsp3) is 0.250. The molecule has 0 spiro atoms. The van der Waals surface area contributed by atoms with E-state index in [1.807, 2.05) is 0 Å². The third kappa shape index (κ3) is 0.559. The quantitative estimate of drug-likeness (QED) is 0.420. The molecule has 7 heavy (non-hydrogen) atoms. The van der Waals surface area contributed by atoms with E-state index in [0.29, 0.717) is 0 Å². The highest BCUT2D eigenvalue weighted by atomic mass is 16.4. The predicted octanol–water partition coefficient (Wildman–Crippen LogP) is -0.222. The summed E-state index contributed by atoms with van der Waals surface area (Å²) in [6, 6.07) is 0. The molecule has 38 valence electrons. The zero-order chi connectivity index (χ0) is 5.28. The third-order valence-corrected chi connectivity index (χ3v) is 0.681. The van der Waals surface area contributed by atoms with Crippen LogP contribution in [0.2, 0.25) is 0 Å². The number of aryl methyl sites for hydroxylation is 1. The molecular weight excluding hydrogens is 94.0 g/mol. The van der Waals surface area contributed by atoms with E-state index in [9.17, 15) is 4.79 Å². The van der Waals surface area contributed by atoms with E-state index >= 15 is 0 Å². The minimum Gasteiger partial charge on any atom is -0.601 e. The number of rotatable bonds is 0. The van der Waals surface area contributed by atoms with Crippen molar-refractivity contribution >= 4 is 0 Å². The first-order valence-corrected chi connectivity index (χ1v) is 1.83. The number of hydrogen-bond acceptors (Lipinski definition) is 2. The molecule has 0 radical (unpaired) electrons. The second kappa shape index (κ2) is 1.26. The molecule has 0 bridgehead atoms. The Morgan fingerprint density at radius 2 is 2.71 bits per heavy atom. The zero-order valence-corrected chi connectivity index (χ0v) is 3.84. The largest absolute Gasteiger partial charge is 0.601 e. The lowest BCUT2D eigenvalue weighted by Gasteiger charge is -1.84. The number of hydrogen-bond donors (Lipinski definition) is 0. The molecule has 1 heterocycles. The Labute approximate surface area is 40.2 Å². The van der Waals surface area contributed by atoms with Crippen LogP contribution in [0.15, 0.2) is 15.4 Å². The number of oxazole rings is 1. The maximum Gasteiger partial charge on any atom is 0.251 e. The van der Waals surface area contributed by atoms with Crippen LogP contribution in [0.3, 0.4) is 0 Å². The van der Waals surface area contributed by atoms with Crippen LogP contribution in [0.5, 0.6) is 0 Å². The minimum atomic E-state index is -0.375. The van der Waals surface area contributed by atoms with Gasteiger partial charge in [0.15, 0.2) is 0 Å². The lowest BCUT2D eigenvalue weighted by molar-refractivity contribution is 0.488. The molecular formula is C4H4NO2-. The van der Waals surface area contributed by atoms with Crippen molar-refractivity contribution in [1.82, 2.24) is 4.57 Å². The molecule has 1 rings (SSSR count). The van der Waals surface area contributed by atoms with Crippen LogP contribution >= 0.6 is 0 Å². The van der Waals surface area contributed by atoms with Gasteiger partial charge < -0.3 is 13.8 Å². The van der Waals surface area contributed by atoms with Crippen molar-refractivity contribution in [2.24, 2.45) is 7.05 Å². The van der Waals surface area contributed by atoms with Crippen molar-refractivity contribution in [2.45, 2.75) is 0 Å². The first-order valence-electron chi connectivity index (χ1n) is 1.83. The lowest BCUT2D eigenvalue weighted by Crippen LogP contribution is -2.06. The van der Waals surface area contributed by atoms with Crippen LogP contribution in [-0.4, -0.2) is 4.57 Å². The molecule has 0 N–H and O–H groups in total. The molecule has 0 unspecified atom stereocenters. The zero-order valence-electron chi connectivity index (χ0n) is 3.84. The van der Waals surface area contributed by atoms with Crippen LogP contribution in [0.1, 0.15) is 0 Å². The maximum absolute atomic E-state index is 10.2. The molecule has 0 aliphatic carbocycles. The van der Waals surface area contributed by atoms with Crippen LogP contribution in [0.25, 0.3) is 0 Å². The van der Waals surface area contributed by atoms with Gasteiger partial charge in [0, 0.05) is 0 Å². The summed E-state index contributed by atoms with van der Waals surface area (Å²) in [5.74, 6) is -0.375. The van der Waals surface area contributed by atoms with Gasteiger partial charge in [-0.25, -0.2) is 0 Å². The molecule has 0 aliphatic rings. The van der Waals surface area contributed by atoms with Gasteiger partial charge >= 0.3 is 0 Å². The molecule has 0 fully saturated rings. The van der Waals surface area contributed by atoms with Crippen LogP contribution < -0.4 is 5.76 Å². The molecule has 0 amide bonds. The lowest BCUT2D eigenvalue weighted by atomic mass is 10.9. The van der Waals surface area contributed by atoms with Gasteiger partial charge in [0.05, 0.1) is 0 Å². The van der Waals surface area contributed by atoms with Crippen molar-refractivity contribution in [1.29, 1.82) is 0 Å². The Bertz CT molecular complexity index is 197. The summed E-state index contributed by atoms with van der Waals surface area (Å²) < 4.78 is 5.55. The monoisotopic (exact) mass is 98.0 g/mol. The highest BCUT2D eigenvalue weighted by molar-refractivity contribution is 4.62. The molecule has 0 saturated heterocycles. The Kier molecular flexibility index (Phi) is 0.749. The highest BCUT2D eigenvalue weighted by Crippen LogP contribution is 1.69. The maximum atomic E-state index is 10.2. The van der Waals surface area contributed by atoms with Gasteiger partial charge in [-0.1, -0.05) is 12.5 Å². The molecule has 3 nitrogen and oxygen atoms in total. The van der Waals surface area contributed by atoms with Crippen LogP contribution in [0, 0.1) is 6.26 Å². The third-order valence-electron chi connectivity index (χ3n) is 0.681. The molecule has 0 aromatic carbocycles. The first-order chi connectivity index (χ1) is 3.30. The standard InChI is InChI=1S/C4H4NO2/c1-5-2-3-7-4(5)6/h2H,1H3/q-1. The van der Waals surface area contributed by atoms with Gasteiger partial charge in [0.2, 0.25) is 0 Å². The van der Waals surface area contributed by atoms with Crippen molar-refractivity contribution in [3.8, 4) is 0 Å². The van der Waals surface area contributed by atoms with Crippen LogP contribution in [0.4, 0.5) is 0 Å². The predicted molar refractivity (Wildman–Crippen MR) is 22.8 cm³/mol. The van der Waals surface area contributed by atoms with E-state index < -0.39 is 0 Å². The van der Waals surface area contributed by atoms with E-state index in [1.165, 1.54) is 10.8 Å². The van der Waals surface area contributed by atoms with Crippen molar-refractivity contribution in [3.63, 3.8) is 0 Å². The highest BCUT2D eigenvalue weighted by Gasteiger charge is 1.71. The molecule has 0 aliphatic heterocycles. The molecule has 3 heteroatoms. The van der Waals surface area contributed by atoms with Crippen LogP contribution in [-0.2, 0) is 7.05 Å². The minimum absolute atomic E-state index is 0.375. The van der Waals surface area contributed by atoms with E-state index in [-0.39, 0.29) is 5.76 Å². The summed E-state index contributed by atoms with van der Waals surface area (Å²) in [7, 11) is 1.60. The Hall–Kier alpha value is -0.990. The fourth-order valence-electron chi connectivity index (χ4n) is 0.281. The molecule has 1 aromatic heterocycles. The van der Waals surface area contributed by atoms with Gasteiger partial charge in [-0.3, -0.25) is 0 Å². The summed E-state index contributed by atoms with van der Waals surface area (Å²) in [5, 5.41) is 0. The summed E-state index contributed by atoms with van der Waals surface area (Å²) in [4.78, 5) is 10.2. The van der Waals surface area contributed by atoms with Gasteiger partial charge in [-0.15, -0.1) is 0 Å². The summed E-state index contributed by atoms with van der Waals surface area (Å²) in [6.45, 7) is 0. The topological polar surface area (TPSA) is 35.1 Å². The van der Waals surface area contributed by atoms with Gasteiger partial charge in [0.25, 0.3) is 5.76 Å². The SMILES string of the molecule is Cn1c[c-]oc1=O. The normalized spacial score (nSPS) is 9.29. The van der Waals surface area contributed by atoms with Crippen molar-refractivity contribution < 1.29 is 4.42 Å². The Morgan fingerprint density at radius 3 is 2.86 bits per heavy atom. The number of aromatic nitrogens is 1. The summed E-state index contributed by atoms with van der Waals surface area (Å²) in [6.07, 6.45) is 3.71. The van der Waals surface area contributed by atoms with Gasteiger partial charge in [-0.05, 0) is 7.05 Å². The van der Waals surface area contributed by atoms with E-state index in [2.05, 4.69) is 10.7 Å². The Morgan fingerprint density at radius 1 is 2.00 bits per heavy atom. The van der Waals surface area contributed by atoms with Gasteiger partial charge in [-0.2, -0.15) is 0 Å². The van der Waals surface area contributed by atoms with Crippen molar-refractivity contribution in [2.75, 3.05) is 0 Å². The fourth-order valence-corrected chi connectivity index (χ4v) is 0.281. The smallest absolute Gasteiger partial charge is 0.251 e. The first kappa shape index (κ1) is 4.18. The summed E-state index contributed by atoms with van der Waals surface area (Å²) >= 11 is 0. The van der Waals surface area contributed by atoms with E-state index in [4.69, 9.17) is 0 Å². The summed E-state index contributed by atoms with van der Waals surface area (Å²) in [5.41, 5.74) is 0. The van der Waals surface area contributed by atoms with Crippen molar-refractivity contribution in [3.05, 3.63) is 23.0 Å². The second-order valence-corrected chi connectivity index (χ2v) is 1.23. The Balaban J connectivity index is 3.39. The van der Waals surface area contributed by atoms with E-state index in [0.717, 1.165) is 0 Å². The van der Waals surface area contributed by atoms with E-state index in [1.54, 1.807) is 7.05 Å². The second-order valence-electron chi connectivity index (χ2n) is 1.23. The molecule has 0 atom stereocenters. The average Bonchev–Trinajstić information content (AvgIpc) is 1.91. The average molecular weight is 98.1 g/mol.